The molecule has 1 aliphatic rings. The Kier molecular flexibility index (Phi) is 5.64. The summed E-state index contributed by atoms with van der Waals surface area (Å²) in [5, 5.41) is 0. The van der Waals surface area contributed by atoms with Crippen LogP contribution in [0.3, 0.4) is 0 Å². The molecule has 1 aliphatic carbocycles. The largest absolute Gasteiger partial charge is 0.460 e. The summed E-state index contributed by atoms with van der Waals surface area (Å²) in [7, 11) is 3.27. The van der Waals surface area contributed by atoms with Crippen molar-refractivity contribution in [3.05, 3.63) is 35.9 Å². The normalized spacial score (nSPS) is 23.9. The highest BCUT2D eigenvalue weighted by atomic mass is 16.6. The predicted molar refractivity (Wildman–Crippen MR) is 86.8 cm³/mol. The van der Waals surface area contributed by atoms with E-state index in [4.69, 9.17) is 9.47 Å². The Labute approximate surface area is 137 Å². The zero-order chi connectivity index (χ0) is 16.9. The molecule has 0 radical (unpaired) electrons. The molecule has 0 N–H and O–H groups in total. The summed E-state index contributed by atoms with van der Waals surface area (Å²) in [6.07, 6.45) is 2.40. The molecule has 1 saturated carbocycles. The van der Waals surface area contributed by atoms with Crippen molar-refractivity contribution in [3.63, 3.8) is 0 Å². The maximum atomic E-state index is 12.6. The monoisotopic (exact) mass is 319 g/mol. The van der Waals surface area contributed by atoms with Crippen molar-refractivity contribution in [2.75, 3.05) is 14.1 Å². The molecule has 1 amide bonds. The first kappa shape index (κ1) is 17.3. The van der Waals surface area contributed by atoms with Gasteiger partial charge in [0.15, 0.2) is 0 Å². The van der Waals surface area contributed by atoms with Crippen LogP contribution in [0.1, 0.15) is 38.2 Å². The third-order valence-corrected chi connectivity index (χ3v) is 4.41. The molecular weight excluding hydrogens is 294 g/mol. The lowest BCUT2D eigenvalue weighted by Crippen LogP contribution is -2.47. The van der Waals surface area contributed by atoms with Crippen molar-refractivity contribution in [3.8, 4) is 0 Å². The molecule has 0 heterocycles. The van der Waals surface area contributed by atoms with Crippen molar-refractivity contribution >= 4 is 12.1 Å². The number of ether oxygens (including phenoxy) is 2. The number of carbonyl (C=O) groups is 2. The van der Waals surface area contributed by atoms with Crippen LogP contribution in [-0.4, -0.2) is 37.2 Å². The molecule has 0 aliphatic heterocycles. The van der Waals surface area contributed by atoms with Crippen LogP contribution in [0.5, 0.6) is 0 Å². The standard InChI is InChI=1S/C18H25NO4/c1-18(16(20)22-13-14-9-5-4-6-10-14)12-8-7-11-15(18)23-17(21)19(2)3/h4-6,9-10,15H,7-8,11-13H2,1-3H3/t15-,18+/m0/s1. The number of nitrogens with zero attached hydrogens (tertiary/aromatic N) is 1. The van der Waals surface area contributed by atoms with E-state index < -0.39 is 17.6 Å². The third kappa shape index (κ3) is 4.24. The van der Waals surface area contributed by atoms with E-state index in [1.54, 1.807) is 14.1 Å². The molecule has 0 saturated heterocycles. The molecule has 2 atom stereocenters. The Hall–Kier alpha value is -2.04. The summed E-state index contributed by atoms with van der Waals surface area (Å²) in [5.74, 6) is -0.294. The van der Waals surface area contributed by atoms with Crippen molar-refractivity contribution in [2.45, 2.75) is 45.3 Å². The highest BCUT2D eigenvalue weighted by Gasteiger charge is 2.46. The van der Waals surface area contributed by atoms with E-state index in [0.717, 1.165) is 18.4 Å². The fourth-order valence-electron chi connectivity index (χ4n) is 2.84. The lowest BCUT2D eigenvalue weighted by atomic mass is 9.73. The first-order chi connectivity index (χ1) is 10.9. The fourth-order valence-corrected chi connectivity index (χ4v) is 2.84. The average Bonchev–Trinajstić information content (AvgIpc) is 2.55. The quantitative estimate of drug-likeness (QED) is 0.798. The number of esters is 1. The average molecular weight is 319 g/mol. The molecule has 1 fully saturated rings. The number of benzene rings is 1. The minimum atomic E-state index is -0.779. The molecule has 23 heavy (non-hydrogen) atoms. The van der Waals surface area contributed by atoms with Gasteiger partial charge in [-0.2, -0.15) is 0 Å². The van der Waals surface area contributed by atoms with Gasteiger partial charge >= 0.3 is 12.1 Å². The molecule has 0 aromatic heterocycles. The number of carbonyl (C=O) groups excluding carboxylic acids is 2. The molecule has 0 bridgehead atoms. The SMILES string of the molecule is CN(C)C(=O)O[C@H]1CCCC[C@@]1(C)C(=O)OCc1ccccc1. The predicted octanol–water partition coefficient (Wildman–Crippen LogP) is 3.38. The summed E-state index contributed by atoms with van der Waals surface area (Å²) in [6.45, 7) is 2.08. The number of hydrogen-bond donors (Lipinski definition) is 0. The first-order valence-electron chi connectivity index (χ1n) is 8.02. The maximum absolute atomic E-state index is 12.6. The van der Waals surface area contributed by atoms with Gasteiger partial charge in [0.2, 0.25) is 0 Å². The zero-order valence-electron chi connectivity index (χ0n) is 14.1. The maximum Gasteiger partial charge on any atom is 0.409 e. The second-order valence-electron chi connectivity index (χ2n) is 6.49. The second-order valence-corrected chi connectivity index (χ2v) is 6.49. The van der Waals surface area contributed by atoms with E-state index in [-0.39, 0.29) is 12.6 Å². The van der Waals surface area contributed by atoms with Crippen molar-refractivity contribution in [2.24, 2.45) is 5.41 Å². The molecule has 5 nitrogen and oxygen atoms in total. The summed E-state index contributed by atoms with van der Waals surface area (Å²) >= 11 is 0. The lowest BCUT2D eigenvalue weighted by molar-refractivity contribution is -0.167. The minimum Gasteiger partial charge on any atom is -0.460 e. The Morgan fingerprint density at radius 1 is 1.22 bits per heavy atom. The summed E-state index contributed by atoms with van der Waals surface area (Å²) in [4.78, 5) is 25.9. The van der Waals surface area contributed by atoms with Gasteiger partial charge in [0.05, 0.1) is 0 Å². The van der Waals surface area contributed by atoms with Crippen LogP contribution in [-0.2, 0) is 20.9 Å². The first-order valence-corrected chi connectivity index (χ1v) is 8.02. The fraction of sp³-hybridized carbons (Fsp3) is 0.556. The van der Waals surface area contributed by atoms with Crippen LogP contribution in [0.2, 0.25) is 0 Å². The Bertz CT molecular complexity index is 543. The van der Waals surface area contributed by atoms with Gasteiger partial charge < -0.3 is 14.4 Å². The van der Waals surface area contributed by atoms with Crippen molar-refractivity contribution < 1.29 is 19.1 Å². The van der Waals surface area contributed by atoms with E-state index in [1.807, 2.05) is 37.3 Å². The molecular formula is C18H25NO4. The highest BCUT2D eigenvalue weighted by Crippen LogP contribution is 2.39. The topological polar surface area (TPSA) is 55.8 Å². The highest BCUT2D eigenvalue weighted by molar-refractivity contribution is 5.78. The van der Waals surface area contributed by atoms with Crippen molar-refractivity contribution in [1.29, 1.82) is 0 Å². The molecule has 0 unspecified atom stereocenters. The lowest BCUT2D eigenvalue weighted by Gasteiger charge is -2.38. The zero-order valence-corrected chi connectivity index (χ0v) is 14.1. The van der Waals surface area contributed by atoms with Gasteiger partial charge in [-0.05, 0) is 31.7 Å². The number of amides is 1. The van der Waals surface area contributed by atoms with Gasteiger partial charge in [-0.3, -0.25) is 4.79 Å². The summed E-state index contributed by atoms with van der Waals surface area (Å²) in [6, 6.07) is 9.57. The van der Waals surface area contributed by atoms with E-state index >= 15 is 0 Å². The Morgan fingerprint density at radius 3 is 2.57 bits per heavy atom. The van der Waals surface area contributed by atoms with Crippen molar-refractivity contribution in [1.82, 2.24) is 4.90 Å². The van der Waals surface area contributed by atoms with Gasteiger partial charge in [-0.15, -0.1) is 0 Å². The van der Waals surface area contributed by atoms with Crippen LogP contribution in [0.4, 0.5) is 4.79 Å². The molecule has 2 rings (SSSR count). The molecule has 1 aromatic carbocycles. The minimum absolute atomic E-state index is 0.240. The second kappa shape index (κ2) is 7.49. The van der Waals surface area contributed by atoms with Crippen LogP contribution in [0, 0.1) is 5.41 Å². The van der Waals surface area contributed by atoms with Gasteiger partial charge in [0.1, 0.15) is 18.1 Å². The Balaban J connectivity index is 2.03. The van der Waals surface area contributed by atoms with E-state index in [0.29, 0.717) is 12.8 Å². The Morgan fingerprint density at radius 2 is 1.91 bits per heavy atom. The van der Waals surface area contributed by atoms with Crippen LogP contribution in [0.25, 0.3) is 0 Å². The summed E-state index contributed by atoms with van der Waals surface area (Å²) in [5.41, 5.74) is 0.167. The van der Waals surface area contributed by atoms with Crippen LogP contribution < -0.4 is 0 Å². The molecule has 0 spiro atoms. The number of hydrogen-bond acceptors (Lipinski definition) is 4. The van der Waals surface area contributed by atoms with Gasteiger partial charge in [-0.1, -0.05) is 36.8 Å². The van der Waals surface area contributed by atoms with Gasteiger partial charge in [0, 0.05) is 14.1 Å². The summed E-state index contributed by atoms with van der Waals surface area (Å²) < 4.78 is 11.0. The number of rotatable bonds is 4. The third-order valence-electron chi connectivity index (χ3n) is 4.41. The molecule has 1 aromatic rings. The molecule has 126 valence electrons. The smallest absolute Gasteiger partial charge is 0.409 e. The van der Waals surface area contributed by atoms with E-state index in [1.165, 1.54) is 4.90 Å². The van der Waals surface area contributed by atoms with E-state index in [2.05, 4.69) is 0 Å². The van der Waals surface area contributed by atoms with E-state index in [9.17, 15) is 9.59 Å². The molecule has 5 heteroatoms. The van der Waals surface area contributed by atoms with Gasteiger partial charge in [0.25, 0.3) is 0 Å². The van der Waals surface area contributed by atoms with Crippen LogP contribution >= 0.6 is 0 Å². The van der Waals surface area contributed by atoms with Gasteiger partial charge in [-0.25, -0.2) is 4.79 Å². The van der Waals surface area contributed by atoms with Crippen LogP contribution in [0.15, 0.2) is 30.3 Å².